The summed E-state index contributed by atoms with van der Waals surface area (Å²) in [6.45, 7) is 10.7. The molecule has 0 aliphatic carbocycles. The molecule has 0 saturated heterocycles. The number of hydrogen-bond acceptors (Lipinski definition) is 2. The lowest BCUT2D eigenvalue weighted by Crippen LogP contribution is -2.21. The van der Waals surface area contributed by atoms with E-state index in [1.165, 1.54) is 10.9 Å². The maximum Gasteiger partial charge on any atom is 0.120 e. The van der Waals surface area contributed by atoms with Gasteiger partial charge in [-0.05, 0) is 51.5 Å². The summed E-state index contributed by atoms with van der Waals surface area (Å²) in [6.07, 6.45) is 3.14. The van der Waals surface area contributed by atoms with Gasteiger partial charge in [0.2, 0.25) is 0 Å². The van der Waals surface area contributed by atoms with E-state index in [1.807, 2.05) is 6.07 Å². The molecule has 0 fully saturated rings. The van der Waals surface area contributed by atoms with E-state index >= 15 is 0 Å². The van der Waals surface area contributed by atoms with Gasteiger partial charge >= 0.3 is 0 Å². The first-order valence-electron chi connectivity index (χ1n) is 7.35. The molecule has 0 aliphatic rings. The predicted octanol–water partition coefficient (Wildman–Crippen LogP) is 4.25. The SMILES string of the molecule is CCCOc1ccc2c(ccn2CCOC(C)(C)C)c1. The summed E-state index contributed by atoms with van der Waals surface area (Å²) in [4.78, 5) is 0. The molecule has 0 radical (unpaired) electrons. The van der Waals surface area contributed by atoms with E-state index in [1.54, 1.807) is 0 Å². The van der Waals surface area contributed by atoms with Gasteiger partial charge in [0.25, 0.3) is 0 Å². The van der Waals surface area contributed by atoms with Gasteiger partial charge < -0.3 is 14.0 Å². The summed E-state index contributed by atoms with van der Waals surface area (Å²) >= 11 is 0. The highest BCUT2D eigenvalue weighted by molar-refractivity contribution is 5.81. The van der Waals surface area contributed by atoms with Crippen LogP contribution in [0.3, 0.4) is 0 Å². The van der Waals surface area contributed by atoms with Crippen LogP contribution in [0.15, 0.2) is 30.5 Å². The van der Waals surface area contributed by atoms with Crippen molar-refractivity contribution in [1.29, 1.82) is 0 Å². The van der Waals surface area contributed by atoms with Crippen LogP contribution in [0.25, 0.3) is 10.9 Å². The van der Waals surface area contributed by atoms with Crippen LogP contribution in [0.2, 0.25) is 0 Å². The first kappa shape index (κ1) is 14.9. The number of hydrogen-bond donors (Lipinski definition) is 0. The predicted molar refractivity (Wildman–Crippen MR) is 83.4 cm³/mol. The number of nitrogens with zero attached hydrogens (tertiary/aromatic N) is 1. The normalized spacial score (nSPS) is 12.0. The van der Waals surface area contributed by atoms with Crippen LogP contribution in [0.4, 0.5) is 0 Å². The molecule has 3 heteroatoms. The van der Waals surface area contributed by atoms with Crippen LogP contribution in [0, 0.1) is 0 Å². The van der Waals surface area contributed by atoms with E-state index in [0.29, 0.717) is 0 Å². The molecule has 1 aromatic carbocycles. The minimum atomic E-state index is -0.0792. The van der Waals surface area contributed by atoms with Gasteiger partial charge in [0, 0.05) is 23.6 Å². The Labute approximate surface area is 121 Å². The van der Waals surface area contributed by atoms with Crippen molar-refractivity contribution < 1.29 is 9.47 Å². The van der Waals surface area contributed by atoms with Crippen molar-refractivity contribution in [3.05, 3.63) is 30.5 Å². The van der Waals surface area contributed by atoms with E-state index in [9.17, 15) is 0 Å². The zero-order valence-electron chi connectivity index (χ0n) is 13.0. The summed E-state index contributed by atoms with van der Waals surface area (Å²) in [7, 11) is 0. The fraction of sp³-hybridized carbons (Fsp3) is 0.529. The highest BCUT2D eigenvalue weighted by Gasteiger charge is 2.10. The van der Waals surface area contributed by atoms with Gasteiger partial charge in [-0.25, -0.2) is 0 Å². The summed E-state index contributed by atoms with van der Waals surface area (Å²) in [5.74, 6) is 0.947. The molecule has 0 bridgehead atoms. The maximum atomic E-state index is 5.78. The minimum Gasteiger partial charge on any atom is -0.494 e. The second-order valence-corrected chi connectivity index (χ2v) is 6.04. The molecular weight excluding hydrogens is 250 g/mol. The van der Waals surface area contributed by atoms with Crippen molar-refractivity contribution in [3.63, 3.8) is 0 Å². The Hall–Kier alpha value is -1.48. The molecule has 0 spiro atoms. The van der Waals surface area contributed by atoms with Crippen molar-refractivity contribution in [2.24, 2.45) is 0 Å². The monoisotopic (exact) mass is 275 g/mol. The highest BCUT2D eigenvalue weighted by Crippen LogP contribution is 2.22. The molecule has 2 rings (SSSR count). The molecule has 0 unspecified atom stereocenters. The second-order valence-electron chi connectivity index (χ2n) is 6.04. The molecule has 0 saturated carbocycles. The quantitative estimate of drug-likeness (QED) is 0.787. The second kappa shape index (κ2) is 6.31. The van der Waals surface area contributed by atoms with Crippen LogP contribution in [-0.4, -0.2) is 23.4 Å². The molecule has 3 nitrogen and oxygen atoms in total. The third-order valence-corrected chi connectivity index (χ3v) is 3.08. The largest absolute Gasteiger partial charge is 0.494 e. The molecule has 0 amide bonds. The summed E-state index contributed by atoms with van der Waals surface area (Å²) < 4.78 is 13.7. The molecule has 1 heterocycles. The molecular formula is C17H25NO2. The molecule has 0 aliphatic heterocycles. The minimum absolute atomic E-state index is 0.0792. The maximum absolute atomic E-state index is 5.78. The standard InChI is InChI=1S/C17H25NO2/c1-5-11-19-15-6-7-16-14(13-15)8-9-18(16)10-12-20-17(2,3)4/h6-9,13H,5,10-12H2,1-4H3. The number of fused-ring (bicyclic) bond motifs is 1. The van der Waals surface area contributed by atoms with Crippen LogP contribution in [0.1, 0.15) is 34.1 Å². The molecule has 20 heavy (non-hydrogen) atoms. The number of aromatic nitrogens is 1. The Morgan fingerprint density at radius 2 is 1.90 bits per heavy atom. The number of rotatable bonds is 6. The Kier molecular flexibility index (Phi) is 4.71. The smallest absolute Gasteiger partial charge is 0.120 e. The summed E-state index contributed by atoms with van der Waals surface area (Å²) in [5, 5.41) is 1.22. The van der Waals surface area contributed by atoms with E-state index in [2.05, 4.69) is 56.7 Å². The van der Waals surface area contributed by atoms with Gasteiger partial charge in [-0.3, -0.25) is 0 Å². The molecule has 0 atom stereocenters. The Balaban J connectivity index is 2.04. The van der Waals surface area contributed by atoms with Gasteiger partial charge in [0.05, 0.1) is 18.8 Å². The van der Waals surface area contributed by atoms with Crippen LogP contribution in [-0.2, 0) is 11.3 Å². The molecule has 2 aromatic rings. The Morgan fingerprint density at radius 3 is 2.60 bits per heavy atom. The first-order chi connectivity index (χ1) is 9.49. The van der Waals surface area contributed by atoms with Gasteiger partial charge in [0.1, 0.15) is 5.75 Å². The topological polar surface area (TPSA) is 23.4 Å². The van der Waals surface area contributed by atoms with Crippen LogP contribution >= 0.6 is 0 Å². The summed E-state index contributed by atoms with van der Waals surface area (Å²) in [5.41, 5.74) is 1.15. The average molecular weight is 275 g/mol. The average Bonchev–Trinajstić information content (AvgIpc) is 2.77. The summed E-state index contributed by atoms with van der Waals surface area (Å²) in [6, 6.07) is 8.40. The lowest BCUT2D eigenvalue weighted by atomic mass is 10.2. The van der Waals surface area contributed by atoms with Gasteiger partial charge in [-0.1, -0.05) is 6.92 Å². The van der Waals surface area contributed by atoms with E-state index in [-0.39, 0.29) is 5.60 Å². The Bertz CT molecular complexity index is 552. The lowest BCUT2D eigenvalue weighted by molar-refractivity contribution is -0.00644. The third-order valence-electron chi connectivity index (χ3n) is 3.08. The van der Waals surface area contributed by atoms with Gasteiger partial charge in [0.15, 0.2) is 0 Å². The molecule has 0 N–H and O–H groups in total. The zero-order valence-corrected chi connectivity index (χ0v) is 13.0. The van der Waals surface area contributed by atoms with Crippen molar-refractivity contribution in [1.82, 2.24) is 4.57 Å². The van der Waals surface area contributed by atoms with Crippen molar-refractivity contribution in [3.8, 4) is 5.75 Å². The number of ether oxygens (including phenoxy) is 2. The zero-order chi connectivity index (χ0) is 14.6. The van der Waals surface area contributed by atoms with Crippen molar-refractivity contribution in [2.45, 2.75) is 46.3 Å². The van der Waals surface area contributed by atoms with E-state index in [4.69, 9.17) is 9.47 Å². The third kappa shape index (κ3) is 4.01. The lowest BCUT2D eigenvalue weighted by Gasteiger charge is -2.19. The molecule has 110 valence electrons. The van der Waals surface area contributed by atoms with Crippen LogP contribution < -0.4 is 4.74 Å². The fourth-order valence-electron chi connectivity index (χ4n) is 2.13. The number of benzene rings is 1. The van der Waals surface area contributed by atoms with E-state index < -0.39 is 0 Å². The van der Waals surface area contributed by atoms with Gasteiger partial charge in [-0.2, -0.15) is 0 Å². The highest BCUT2D eigenvalue weighted by atomic mass is 16.5. The van der Waals surface area contributed by atoms with Crippen molar-refractivity contribution in [2.75, 3.05) is 13.2 Å². The van der Waals surface area contributed by atoms with E-state index in [0.717, 1.165) is 31.9 Å². The van der Waals surface area contributed by atoms with Crippen LogP contribution in [0.5, 0.6) is 5.75 Å². The first-order valence-corrected chi connectivity index (χ1v) is 7.35. The molecule has 1 aromatic heterocycles. The van der Waals surface area contributed by atoms with Crippen molar-refractivity contribution >= 4 is 10.9 Å². The van der Waals surface area contributed by atoms with Gasteiger partial charge in [-0.15, -0.1) is 0 Å². The fourth-order valence-corrected chi connectivity index (χ4v) is 2.13. The Morgan fingerprint density at radius 1 is 1.10 bits per heavy atom.